The molecule has 1 amide bonds. The van der Waals surface area contributed by atoms with Gasteiger partial charge in [0.15, 0.2) is 0 Å². The molecule has 0 saturated heterocycles. The monoisotopic (exact) mass is 308 g/mol. The molecule has 0 radical (unpaired) electrons. The largest absolute Gasteiger partial charge is 0.468 e. The third-order valence-corrected chi connectivity index (χ3v) is 5.01. The smallest absolute Gasteiger partial charge is 0.315 e. The van der Waals surface area contributed by atoms with Crippen LogP contribution >= 0.6 is 23.1 Å². The van der Waals surface area contributed by atoms with E-state index in [1.807, 2.05) is 34.3 Å². The lowest BCUT2D eigenvalue weighted by molar-refractivity contribution is -0.137. The van der Waals surface area contributed by atoms with Crippen molar-refractivity contribution in [3.05, 3.63) is 40.3 Å². The Kier molecular flexibility index (Phi) is 3.54. The lowest BCUT2D eigenvalue weighted by Gasteiger charge is -2.16. The zero-order valence-corrected chi connectivity index (χ0v) is 12.3. The van der Waals surface area contributed by atoms with Gasteiger partial charge in [-0.2, -0.15) is 0 Å². The molecular formula is C13H12N2O3S2. The van der Waals surface area contributed by atoms with Crippen LogP contribution in [0.25, 0.3) is 5.69 Å². The van der Waals surface area contributed by atoms with Gasteiger partial charge < -0.3 is 14.6 Å². The highest BCUT2D eigenvalue weighted by Gasteiger charge is 2.27. The number of rotatable bonds is 3. The number of hydrogen-bond acceptors (Lipinski definition) is 5. The second-order valence-corrected chi connectivity index (χ2v) is 6.19. The number of amides is 1. The number of carbonyl (C=O) groups excluding carboxylic acids is 2. The summed E-state index contributed by atoms with van der Waals surface area (Å²) in [6, 6.07) is 5.80. The van der Waals surface area contributed by atoms with Gasteiger partial charge >= 0.3 is 5.97 Å². The molecule has 1 aliphatic heterocycles. The van der Waals surface area contributed by atoms with Gasteiger partial charge in [0, 0.05) is 6.20 Å². The third-order valence-electron chi connectivity index (χ3n) is 3.02. The van der Waals surface area contributed by atoms with Crippen molar-refractivity contribution in [2.75, 3.05) is 12.9 Å². The fraction of sp³-hybridized carbons (Fsp3) is 0.231. The lowest BCUT2D eigenvalue weighted by Crippen LogP contribution is -2.25. The van der Waals surface area contributed by atoms with Crippen LogP contribution in [0.1, 0.15) is 20.7 Å². The zero-order valence-electron chi connectivity index (χ0n) is 10.7. The number of thiophene rings is 1. The number of methoxy groups -OCH3 is 1. The van der Waals surface area contributed by atoms with E-state index in [0.29, 0.717) is 4.88 Å². The first-order valence-electron chi connectivity index (χ1n) is 5.95. The van der Waals surface area contributed by atoms with Gasteiger partial charge in [-0.1, -0.05) is 0 Å². The summed E-state index contributed by atoms with van der Waals surface area (Å²) in [5, 5.41) is 4.58. The highest BCUT2D eigenvalue weighted by Crippen LogP contribution is 2.34. The van der Waals surface area contributed by atoms with Gasteiger partial charge in [0.2, 0.25) is 0 Å². The van der Waals surface area contributed by atoms with Crippen molar-refractivity contribution in [1.82, 2.24) is 9.88 Å². The van der Waals surface area contributed by atoms with Crippen molar-refractivity contribution in [2.45, 2.75) is 5.37 Å². The van der Waals surface area contributed by atoms with Crippen LogP contribution in [0, 0.1) is 0 Å². The summed E-state index contributed by atoms with van der Waals surface area (Å²) in [5.74, 6) is -0.220. The molecule has 0 fully saturated rings. The Labute approximate surface area is 123 Å². The highest BCUT2D eigenvalue weighted by atomic mass is 32.2. The van der Waals surface area contributed by atoms with Crippen molar-refractivity contribution in [2.24, 2.45) is 0 Å². The minimum atomic E-state index is -0.304. The molecule has 2 aromatic heterocycles. The number of carbonyl (C=O) groups is 2. The van der Waals surface area contributed by atoms with Crippen molar-refractivity contribution in [1.29, 1.82) is 0 Å². The van der Waals surface area contributed by atoms with Crippen LogP contribution in [0.3, 0.4) is 0 Å². The molecule has 20 heavy (non-hydrogen) atoms. The number of hydrogen-bond donors (Lipinski definition) is 1. The maximum Gasteiger partial charge on any atom is 0.315 e. The fourth-order valence-electron chi connectivity index (χ4n) is 2.09. The van der Waals surface area contributed by atoms with Crippen molar-refractivity contribution in [3.8, 4) is 5.69 Å². The zero-order chi connectivity index (χ0) is 14.1. The fourth-order valence-corrected chi connectivity index (χ4v) is 3.85. The SMILES string of the molecule is COC(=O)CSC1NC(=O)c2sccc2-n2cccc21. The molecule has 5 nitrogen and oxygen atoms in total. The Bertz CT molecular complexity index is 662. The van der Waals surface area contributed by atoms with Gasteiger partial charge in [0.25, 0.3) is 5.91 Å². The summed E-state index contributed by atoms with van der Waals surface area (Å²) in [5.41, 5.74) is 1.83. The molecule has 1 aliphatic rings. The molecule has 1 N–H and O–H groups in total. The molecule has 0 spiro atoms. The first-order chi connectivity index (χ1) is 9.70. The number of ether oxygens (including phenoxy) is 1. The predicted molar refractivity (Wildman–Crippen MR) is 78.3 cm³/mol. The van der Waals surface area contributed by atoms with Crippen LogP contribution < -0.4 is 5.32 Å². The van der Waals surface area contributed by atoms with Crippen LogP contribution in [0.15, 0.2) is 29.8 Å². The van der Waals surface area contributed by atoms with Crippen LogP contribution in [-0.2, 0) is 9.53 Å². The first-order valence-corrected chi connectivity index (χ1v) is 7.88. The third kappa shape index (κ3) is 2.23. The topological polar surface area (TPSA) is 60.3 Å². The number of fused-ring (bicyclic) bond motifs is 3. The summed E-state index contributed by atoms with van der Waals surface area (Å²) in [6.07, 6.45) is 1.92. The minimum Gasteiger partial charge on any atom is -0.468 e. The van der Waals surface area contributed by atoms with Gasteiger partial charge in [-0.25, -0.2) is 0 Å². The predicted octanol–water partition coefficient (Wildman–Crippen LogP) is 2.19. The van der Waals surface area contributed by atoms with Crippen LogP contribution in [0.2, 0.25) is 0 Å². The van der Waals surface area contributed by atoms with E-state index in [0.717, 1.165) is 11.4 Å². The maximum atomic E-state index is 12.2. The Hall–Kier alpha value is -1.73. The molecule has 0 aliphatic carbocycles. The Morgan fingerprint density at radius 2 is 2.40 bits per heavy atom. The Balaban J connectivity index is 1.94. The van der Waals surface area contributed by atoms with E-state index in [1.165, 1.54) is 30.2 Å². The second kappa shape index (κ2) is 5.34. The number of nitrogens with one attached hydrogen (secondary N) is 1. The quantitative estimate of drug-likeness (QED) is 0.883. The first kappa shape index (κ1) is 13.3. The minimum absolute atomic E-state index is 0.110. The number of thioether (sulfide) groups is 1. The number of esters is 1. The van der Waals surface area contributed by atoms with E-state index in [2.05, 4.69) is 10.1 Å². The van der Waals surface area contributed by atoms with Gasteiger partial charge in [0.1, 0.15) is 10.3 Å². The molecule has 1 atom stereocenters. The summed E-state index contributed by atoms with van der Waals surface area (Å²) in [6.45, 7) is 0. The number of aromatic nitrogens is 1. The molecule has 0 aromatic carbocycles. The number of nitrogens with zero attached hydrogens (tertiary/aromatic N) is 1. The molecule has 0 bridgehead atoms. The molecular weight excluding hydrogens is 296 g/mol. The average molecular weight is 308 g/mol. The van der Waals surface area contributed by atoms with Gasteiger partial charge in [0.05, 0.1) is 24.2 Å². The molecule has 2 aromatic rings. The van der Waals surface area contributed by atoms with Crippen LogP contribution in [-0.4, -0.2) is 29.3 Å². The van der Waals surface area contributed by atoms with E-state index in [-0.39, 0.29) is 23.0 Å². The highest BCUT2D eigenvalue weighted by molar-refractivity contribution is 8.00. The summed E-state index contributed by atoms with van der Waals surface area (Å²) in [7, 11) is 1.36. The second-order valence-electron chi connectivity index (χ2n) is 4.18. The normalized spacial score (nSPS) is 16.9. The Morgan fingerprint density at radius 1 is 1.55 bits per heavy atom. The van der Waals surface area contributed by atoms with E-state index < -0.39 is 0 Å². The summed E-state index contributed by atoms with van der Waals surface area (Å²) < 4.78 is 6.62. The average Bonchev–Trinajstić information content (AvgIpc) is 3.08. The van der Waals surface area contributed by atoms with Gasteiger partial charge in [-0.05, 0) is 23.6 Å². The molecule has 1 unspecified atom stereocenters. The van der Waals surface area contributed by atoms with E-state index >= 15 is 0 Å². The molecule has 3 rings (SSSR count). The summed E-state index contributed by atoms with van der Waals surface area (Å²) in [4.78, 5) is 24.2. The molecule has 7 heteroatoms. The maximum absolute atomic E-state index is 12.2. The van der Waals surface area contributed by atoms with Gasteiger partial charge in [-0.15, -0.1) is 23.1 Å². The van der Waals surface area contributed by atoms with Crippen molar-refractivity contribution < 1.29 is 14.3 Å². The molecule has 3 heterocycles. The Morgan fingerprint density at radius 3 is 3.20 bits per heavy atom. The lowest BCUT2D eigenvalue weighted by atomic mass is 10.4. The molecule has 0 saturated carbocycles. The van der Waals surface area contributed by atoms with Crippen LogP contribution in [0.5, 0.6) is 0 Å². The van der Waals surface area contributed by atoms with Crippen LogP contribution in [0.4, 0.5) is 0 Å². The van der Waals surface area contributed by atoms with Gasteiger partial charge in [-0.3, -0.25) is 9.59 Å². The standard InChI is InChI=1S/C13H12N2O3S2/c1-18-10(16)7-20-13-9-3-2-5-15(9)8-4-6-19-11(8)12(17)14-13/h2-6,13H,7H2,1H3,(H,14,17). The van der Waals surface area contributed by atoms with E-state index in [1.54, 1.807) is 0 Å². The summed E-state index contributed by atoms with van der Waals surface area (Å²) >= 11 is 2.76. The van der Waals surface area contributed by atoms with Crippen molar-refractivity contribution >= 4 is 35.0 Å². The van der Waals surface area contributed by atoms with Crippen molar-refractivity contribution in [3.63, 3.8) is 0 Å². The van der Waals surface area contributed by atoms with E-state index in [9.17, 15) is 9.59 Å². The molecule has 104 valence electrons. The van der Waals surface area contributed by atoms with E-state index in [4.69, 9.17) is 0 Å².